The van der Waals surface area contributed by atoms with Gasteiger partial charge in [0.25, 0.3) is 5.91 Å². The Kier molecular flexibility index (Phi) is 3.62. The van der Waals surface area contributed by atoms with Crippen LogP contribution in [0.25, 0.3) is 0 Å². The van der Waals surface area contributed by atoms with Gasteiger partial charge < -0.3 is 15.1 Å². The lowest BCUT2D eigenvalue weighted by Gasteiger charge is -2.16. The number of halogens is 1. The summed E-state index contributed by atoms with van der Waals surface area (Å²) in [6.45, 7) is 0.954. The van der Waals surface area contributed by atoms with Crippen molar-refractivity contribution in [3.63, 3.8) is 0 Å². The summed E-state index contributed by atoms with van der Waals surface area (Å²) in [6, 6.07) is 9.68. The van der Waals surface area contributed by atoms with Gasteiger partial charge in [-0.1, -0.05) is 28.1 Å². The fourth-order valence-corrected chi connectivity index (χ4v) is 3.08. The molecule has 5 nitrogen and oxygen atoms in total. The van der Waals surface area contributed by atoms with Gasteiger partial charge in [0, 0.05) is 23.1 Å². The molecule has 0 spiro atoms. The molecular weight excluding hydrogens is 350 g/mol. The van der Waals surface area contributed by atoms with E-state index in [0.29, 0.717) is 13.1 Å². The number of hydrogen-bond donors (Lipinski definition) is 2. The van der Waals surface area contributed by atoms with Crippen molar-refractivity contribution in [3.05, 3.63) is 63.1 Å². The van der Waals surface area contributed by atoms with Gasteiger partial charge in [-0.15, -0.1) is 0 Å². The first kappa shape index (κ1) is 14.6. The lowest BCUT2D eigenvalue weighted by atomic mass is 10.1. The summed E-state index contributed by atoms with van der Waals surface area (Å²) in [5.41, 5.74) is 2.11. The smallest absolute Gasteiger partial charge is 0.339 e. The molecule has 112 valence electrons. The molecule has 22 heavy (non-hydrogen) atoms. The van der Waals surface area contributed by atoms with E-state index >= 15 is 0 Å². The minimum absolute atomic E-state index is 0.249. The molecular formula is C16H12BrNO4. The van der Waals surface area contributed by atoms with Crippen molar-refractivity contribution in [2.45, 2.75) is 13.1 Å². The number of carbonyl (C=O) groups is 2. The highest BCUT2D eigenvalue weighted by Gasteiger charge is 2.26. The van der Waals surface area contributed by atoms with Crippen LogP contribution >= 0.6 is 15.9 Å². The first-order valence-electron chi connectivity index (χ1n) is 6.59. The van der Waals surface area contributed by atoms with Crippen molar-refractivity contribution >= 4 is 27.8 Å². The predicted octanol–water partition coefficient (Wildman–Crippen LogP) is 3.01. The molecule has 3 rings (SSSR count). The van der Waals surface area contributed by atoms with Crippen molar-refractivity contribution in [2.24, 2.45) is 0 Å². The number of rotatable bonds is 2. The van der Waals surface area contributed by atoms with Crippen LogP contribution in [0.3, 0.4) is 0 Å². The summed E-state index contributed by atoms with van der Waals surface area (Å²) in [6.07, 6.45) is 0. The highest BCUT2D eigenvalue weighted by molar-refractivity contribution is 9.10. The van der Waals surface area contributed by atoms with Gasteiger partial charge >= 0.3 is 5.97 Å². The van der Waals surface area contributed by atoms with E-state index in [1.165, 1.54) is 18.2 Å². The monoisotopic (exact) mass is 361 g/mol. The normalized spacial score (nSPS) is 13.0. The van der Waals surface area contributed by atoms with Crippen molar-refractivity contribution in [2.75, 3.05) is 0 Å². The maximum Gasteiger partial charge on any atom is 0.339 e. The van der Waals surface area contributed by atoms with Gasteiger partial charge in [0.1, 0.15) is 11.3 Å². The molecule has 1 aliphatic heterocycles. The number of hydrogen-bond acceptors (Lipinski definition) is 3. The molecule has 0 unspecified atom stereocenters. The molecule has 0 saturated carbocycles. The number of nitrogens with zero attached hydrogens (tertiary/aromatic N) is 1. The van der Waals surface area contributed by atoms with Crippen molar-refractivity contribution < 1.29 is 19.8 Å². The Labute approximate surface area is 134 Å². The summed E-state index contributed by atoms with van der Waals surface area (Å²) >= 11 is 3.47. The van der Waals surface area contributed by atoms with Gasteiger partial charge in [0.15, 0.2) is 0 Å². The number of aromatic carboxylic acids is 1. The van der Waals surface area contributed by atoms with Gasteiger partial charge in [0.05, 0.1) is 0 Å². The summed E-state index contributed by atoms with van der Waals surface area (Å²) in [5, 5.41) is 18.5. The molecule has 2 N–H and O–H groups in total. The minimum atomic E-state index is -1.26. The van der Waals surface area contributed by atoms with Gasteiger partial charge in [-0.05, 0) is 35.4 Å². The highest BCUT2D eigenvalue weighted by atomic mass is 79.9. The number of benzene rings is 2. The quantitative estimate of drug-likeness (QED) is 0.861. The Hall–Kier alpha value is -2.34. The zero-order valence-electron chi connectivity index (χ0n) is 11.4. The average molecular weight is 362 g/mol. The first-order valence-corrected chi connectivity index (χ1v) is 7.38. The van der Waals surface area contributed by atoms with E-state index in [1.54, 1.807) is 4.90 Å². The third-order valence-corrected chi connectivity index (χ3v) is 4.43. The Morgan fingerprint density at radius 1 is 1.14 bits per heavy atom. The van der Waals surface area contributed by atoms with E-state index in [0.717, 1.165) is 15.6 Å². The van der Waals surface area contributed by atoms with Crippen LogP contribution in [0.1, 0.15) is 31.8 Å². The Morgan fingerprint density at radius 3 is 2.59 bits per heavy atom. The van der Waals surface area contributed by atoms with Crippen LogP contribution in [-0.2, 0) is 13.1 Å². The number of fused-ring (bicyclic) bond motifs is 1. The zero-order chi connectivity index (χ0) is 15.9. The molecule has 1 amide bonds. The van der Waals surface area contributed by atoms with Crippen LogP contribution in [0.15, 0.2) is 40.9 Å². The molecule has 6 heteroatoms. The molecule has 1 heterocycles. The van der Waals surface area contributed by atoms with Crippen LogP contribution in [0, 0.1) is 0 Å². The summed E-state index contributed by atoms with van der Waals surface area (Å²) in [7, 11) is 0. The number of aromatic hydroxyl groups is 1. The van der Waals surface area contributed by atoms with Crippen LogP contribution < -0.4 is 0 Å². The summed E-state index contributed by atoms with van der Waals surface area (Å²) in [5.74, 6) is -1.87. The molecule has 1 aliphatic rings. The average Bonchev–Trinajstić information content (AvgIpc) is 2.92. The van der Waals surface area contributed by atoms with Crippen LogP contribution in [0.2, 0.25) is 0 Å². The molecule has 2 aromatic carbocycles. The second kappa shape index (κ2) is 5.46. The lowest BCUT2D eigenvalue weighted by molar-refractivity contribution is 0.0693. The molecule has 0 fully saturated rings. The molecule has 2 aromatic rings. The first-order chi connectivity index (χ1) is 10.5. The second-order valence-corrected chi connectivity index (χ2v) is 5.93. The van der Waals surface area contributed by atoms with Crippen LogP contribution in [-0.4, -0.2) is 27.0 Å². The topological polar surface area (TPSA) is 77.8 Å². The number of amides is 1. The summed E-state index contributed by atoms with van der Waals surface area (Å²) in [4.78, 5) is 25.2. The van der Waals surface area contributed by atoms with E-state index in [-0.39, 0.29) is 22.8 Å². The van der Waals surface area contributed by atoms with E-state index in [1.807, 2.05) is 18.2 Å². The van der Waals surface area contributed by atoms with E-state index < -0.39 is 5.97 Å². The minimum Gasteiger partial charge on any atom is -0.507 e. The largest absolute Gasteiger partial charge is 0.507 e. The molecule has 0 aromatic heterocycles. The zero-order valence-corrected chi connectivity index (χ0v) is 13.0. The van der Waals surface area contributed by atoms with Gasteiger partial charge in [-0.3, -0.25) is 4.79 Å². The Morgan fingerprint density at radius 2 is 1.91 bits per heavy atom. The fraction of sp³-hybridized carbons (Fsp3) is 0.125. The maximum absolute atomic E-state index is 12.5. The Balaban J connectivity index is 1.89. The fourth-order valence-electron chi connectivity index (χ4n) is 2.55. The summed E-state index contributed by atoms with van der Waals surface area (Å²) < 4.78 is 0.956. The van der Waals surface area contributed by atoms with Crippen LogP contribution in [0.5, 0.6) is 5.75 Å². The van der Waals surface area contributed by atoms with E-state index in [9.17, 15) is 14.7 Å². The standard InChI is InChI=1S/C16H12BrNO4/c17-13-3-1-2-10-7-18(8-12(10)13)15(20)9-4-5-14(19)11(6-9)16(21)22/h1-6,19H,7-8H2,(H,21,22). The third-order valence-electron chi connectivity index (χ3n) is 3.69. The SMILES string of the molecule is O=C(O)c1cc(C(=O)N2Cc3cccc(Br)c3C2)ccc1O. The molecule has 0 aliphatic carbocycles. The highest BCUT2D eigenvalue weighted by Crippen LogP contribution is 2.30. The Bertz CT molecular complexity index is 788. The van der Waals surface area contributed by atoms with Crippen molar-refractivity contribution in [3.8, 4) is 5.75 Å². The second-order valence-electron chi connectivity index (χ2n) is 5.08. The van der Waals surface area contributed by atoms with Crippen molar-refractivity contribution in [1.29, 1.82) is 0 Å². The number of phenols is 1. The predicted molar refractivity (Wildman–Crippen MR) is 82.8 cm³/mol. The van der Waals surface area contributed by atoms with Crippen molar-refractivity contribution in [1.82, 2.24) is 4.90 Å². The van der Waals surface area contributed by atoms with E-state index in [4.69, 9.17) is 5.11 Å². The maximum atomic E-state index is 12.5. The molecule has 0 bridgehead atoms. The van der Waals surface area contributed by atoms with E-state index in [2.05, 4.69) is 15.9 Å². The third kappa shape index (κ3) is 2.46. The molecule has 0 atom stereocenters. The van der Waals surface area contributed by atoms with Gasteiger partial charge in [-0.2, -0.15) is 0 Å². The number of carboxylic acid groups (broad SMARTS) is 1. The molecule has 0 saturated heterocycles. The number of carboxylic acids is 1. The molecule has 0 radical (unpaired) electrons. The van der Waals surface area contributed by atoms with Crippen LogP contribution in [0.4, 0.5) is 0 Å². The van der Waals surface area contributed by atoms with Gasteiger partial charge in [0.2, 0.25) is 0 Å². The number of carbonyl (C=O) groups excluding carboxylic acids is 1. The lowest BCUT2D eigenvalue weighted by Crippen LogP contribution is -2.25. The van der Waals surface area contributed by atoms with Gasteiger partial charge in [-0.25, -0.2) is 4.79 Å².